The van der Waals surface area contributed by atoms with Gasteiger partial charge < -0.3 is 5.11 Å². The van der Waals surface area contributed by atoms with Crippen LogP contribution < -0.4 is 56.5 Å². The third-order valence-corrected chi connectivity index (χ3v) is 1.40. The second-order valence-corrected chi connectivity index (χ2v) is 5.05. The van der Waals surface area contributed by atoms with Crippen LogP contribution in [0.3, 0.4) is 0 Å². The van der Waals surface area contributed by atoms with Gasteiger partial charge in [0, 0.05) is 0 Å². The van der Waals surface area contributed by atoms with Crippen molar-refractivity contribution in [1.82, 2.24) is 0 Å². The number of rotatable bonds is 2. The van der Waals surface area contributed by atoms with Crippen LogP contribution in [0.15, 0.2) is 0 Å². The molecule has 0 aromatic heterocycles. The molecule has 0 amide bonds. The minimum atomic E-state index is -0.0295. The van der Waals surface area contributed by atoms with E-state index in [1.54, 1.807) is 0 Å². The van der Waals surface area contributed by atoms with Crippen LogP contribution in [0.25, 0.3) is 0 Å². The first kappa shape index (κ1) is 20.1. The zero-order valence-electron chi connectivity index (χ0n) is 10.8. The van der Waals surface area contributed by atoms with Gasteiger partial charge in [0.25, 0.3) is 0 Å². The molecule has 0 spiro atoms. The fourth-order valence-electron chi connectivity index (χ4n) is 1.49. The van der Waals surface area contributed by atoms with Crippen LogP contribution in [0.2, 0.25) is 0 Å². The molecular formula is C11H25KO. The molecule has 0 N–H and O–H groups in total. The van der Waals surface area contributed by atoms with Gasteiger partial charge in [0.2, 0.25) is 0 Å². The Kier molecular flexibility index (Phi) is 13.7. The van der Waals surface area contributed by atoms with Gasteiger partial charge in [-0.05, 0) is 11.8 Å². The van der Waals surface area contributed by atoms with E-state index >= 15 is 0 Å². The predicted molar refractivity (Wildman–Crippen MR) is 54.1 cm³/mol. The number of hydrogen-bond acceptors (Lipinski definition) is 1. The molecule has 0 radical (unpaired) electrons. The molecule has 0 heterocycles. The van der Waals surface area contributed by atoms with Crippen molar-refractivity contribution < 1.29 is 56.5 Å². The molecule has 0 fully saturated rings. The Morgan fingerprint density at radius 2 is 1.23 bits per heavy atom. The molecule has 0 rings (SSSR count). The molecule has 76 valence electrons. The Hall–Kier alpha value is 1.60. The Morgan fingerprint density at radius 3 is 1.31 bits per heavy atom. The van der Waals surface area contributed by atoms with Crippen molar-refractivity contribution in [3.8, 4) is 0 Å². The Bertz CT molecular complexity index is 103. The normalized spacial score (nSPS) is 11.1. The van der Waals surface area contributed by atoms with E-state index in [0.717, 1.165) is 6.42 Å². The summed E-state index contributed by atoms with van der Waals surface area (Å²) in [6, 6.07) is 0. The Morgan fingerprint density at radius 1 is 0.923 bits per heavy atom. The van der Waals surface area contributed by atoms with E-state index in [0.29, 0.717) is 0 Å². The summed E-state index contributed by atoms with van der Waals surface area (Å²) in [6.07, 6.45) is 1.00. The van der Waals surface area contributed by atoms with Crippen molar-refractivity contribution in [2.45, 2.75) is 54.9 Å². The quantitative estimate of drug-likeness (QED) is 0.583. The van der Waals surface area contributed by atoms with E-state index in [-0.39, 0.29) is 68.8 Å². The predicted octanol–water partition coefficient (Wildman–Crippen LogP) is -0.161. The SMILES string of the molecule is CC.CC(C)(C)CC(C)(C)C[O-].[K+]. The third kappa shape index (κ3) is 16.3. The van der Waals surface area contributed by atoms with Gasteiger partial charge in [-0.15, -0.1) is 6.61 Å². The molecule has 1 nitrogen and oxygen atoms in total. The zero-order chi connectivity index (χ0) is 10.4. The van der Waals surface area contributed by atoms with E-state index in [2.05, 4.69) is 20.8 Å². The molecule has 0 aliphatic carbocycles. The van der Waals surface area contributed by atoms with E-state index in [9.17, 15) is 5.11 Å². The molecule has 0 atom stereocenters. The molecule has 0 saturated carbocycles. The van der Waals surface area contributed by atoms with Crippen molar-refractivity contribution in [1.29, 1.82) is 0 Å². The average Bonchev–Trinajstić information content (AvgIpc) is 1.88. The van der Waals surface area contributed by atoms with Crippen LogP contribution in [0.1, 0.15) is 54.9 Å². The van der Waals surface area contributed by atoms with E-state index < -0.39 is 0 Å². The van der Waals surface area contributed by atoms with E-state index in [4.69, 9.17) is 0 Å². The van der Waals surface area contributed by atoms with Gasteiger partial charge in [-0.3, -0.25) is 0 Å². The Labute approximate surface area is 127 Å². The summed E-state index contributed by atoms with van der Waals surface area (Å²) in [4.78, 5) is 0. The largest absolute Gasteiger partial charge is 1.00 e. The maximum Gasteiger partial charge on any atom is 1.00 e. The number of hydrogen-bond donors (Lipinski definition) is 0. The molecule has 2 heteroatoms. The van der Waals surface area contributed by atoms with Gasteiger partial charge >= 0.3 is 51.4 Å². The van der Waals surface area contributed by atoms with Crippen LogP contribution in [0.5, 0.6) is 0 Å². The molecule has 0 unspecified atom stereocenters. The van der Waals surface area contributed by atoms with Gasteiger partial charge in [-0.2, -0.15) is 0 Å². The fourth-order valence-corrected chi connectivity index (χ4v) is 1.49. The molecule has 13 heavy (non-hydrogen) atoms. The van der Waals surface area contributed by atoms with Gasteiger partial charge in [0.15, 0.2) is 0 Å². The van der Waals surface area contributed by atoms with Gasteiger partial charge in [0.05, 0.1) is 0 Å². The minimum Gasteiger partial charge on any atom is -0.854 e. The summed E-state index contributed by atoms with van der Waals surface area (Å²) in [5.41, 5.74) is 0.256. The van der Waals surface area contributed by atoms with Crippen LogP contribution in [0, 0.1) is 10.8 Å². The first-order chi connectivity index (χ1) is 5.27. The summed E-state index contributed by atoms with van der Waals surface area (Å²) in [7, 11) is 0. The Balaban J connectivity index is -0.000000309. The van der Waals surface area contributed by atoms with Crippen molar-refractivity contribution in [3.05, 3.63) is 0 Å². The molecular weight excluding hydrogens is 187 g/mol. The second-order valence-electron chi connectivity index (χ2n) is 5.05. The van der Waals surface area contributed by atoms with Crippen LogP contribution >= 0.6 is 0 Å². The fraction of sp³-hybridized carbons (Fsp3) is 1.00. The zero-order valence-corrected chi connectivity index (χ0v) is 13.9. The average molecular weight is 212 g/mol. The molecule has 0 saturated heterocycles. The molecule has 0 aromatic carbocycles. The molecule has 0 aliphatic rings. The minimum absolute atomic E-state index is 0. The summed E-state index contributed by atoms with van der Waals surface area (Å²) in [6.45, 7) is 14.6. The van der Waals surface area contributed by atoms with Crippen molar-refractivity contribution in [2.24, 2.45) is 10.8 Å². The van der Waals surface area contributed by atoms with Crippen LogP contribution in [-0.4, -0.2) is 6.61 Å². The maximum absolute atomic E-state index is 10.6. The topological polar surface area (TPSA) is 23.1 Å². The summed E-state index contributed by atoms with van der Waals surface area (Å²) in [5.74, 6) is 0. The van der Waals surface area contributed by atoms with Crippen LogP contribution in [-0.2, 0) is 0 Å². The molecule has 0 aliphatic heterocycles. The smallest absolute Gasteiger partial charge is 0.854 e. The van der Waals surface area contributed by atoms with Crippen molar-refractivity contribution >= 4 is 0 Å². The van der Waals surface area contributed by atoms with Crippen LogP contribution in [0.4, 0.5) is 0 Å². The van der Waals surface area contributed by atoms with Gasteiger partial charge in [-0.1, -0.05) is 53.9 Å². The van der Waals surface area contributed by atoms with E-state index in [1.807, 2.05) is 27.7 Å². The third-order valence-electron chi connectivity index (χ3n) is 1.40. The van der Waals surface area contributed by atoms with Gasteiger partial charge in [0.1, 0.15) is 0 Å². The maximum atomic E-state index is 10.6. The summed E-state index contributed by atoms with van der Waals surface area (Å²) >= 11 is 0. The molecule has 0 bridgehead atoms. The summed E-state index contributed by atoms with van der Waals surface area (Å²) < 4.78 is 0. The standard InChI is InChI=1S/C9H19O.C2H6.K/c1-8(2,3)6-9(4,5)7-10;1-2;/h6-7H2,1-5H3;1-2H3;/q-1;;+1. The summed E-state index contributed by atoms with van der Waals surface area (Å²) in [5, 5.41) is 10.6. The van der Waals surface area contributed by atoms with E-state index in [1.165, 1.54) is 0 Å². The second kappa shape index (κ2) is 8.87. The first-order valence-corrected chi connectivity index (χ1v) is 4.85. The van der Waals surface area contributed by atoms with Crippen molar-refractivity contribution in [2.75, 3.05) is 6.61 Å². The van der Waals surface area contributed by atoms with Gasteiger partial charge in [-0.25, -0.2) is 0 Å². The monoisotopic (exact) mass is 212 g/mol. The first-order valence-electron chi connectivity index (χ1n) is 4.85. The van der Waals surface area contributed by atoms with Crippen molar-refractivity contribution in [3.63, 3.8) is 0 Å². The molecule has 0 aromatic rings.